The van der Waals surface area contributed by atoms with Crippen LogP contribution < -0.4 is 14.2 Å². The lowest BCUT2D eigenvalue weighted by Gasteiger charge is -2.11. The summed E-state index contributed by atoms with van der Waals surface area (Å²) in [7, 11) is -2.01. The zero-order chi connectivity index (χ0) is 19.3. The molecular formula is C20H22N2O4S. The van der Waals surface area contributed by atoms with Crippen LogP contribution in [-0.2, 0) is 10.0 Å². The van der Waals surface area contributed by atoms with Gasteiger partial charge in [0, 0.05) is 18.1 Å². The maximum absolute atomic E-state index is 12.4. The standard InChI is InChI=1S/C20H22N2O4S/c1-15-14-17(9-10-18(15)25-2)27(23,24)22-12-5-13-26-19-8-3-6-16-7-4-11-21-20(16)19/h3-4,6-11,14,22H,5,12-13H2,1-2H3. The fraction of sp³-hybridized carbons (Fsp3) is 0.250. The van der Waals surface area contributed by atoms with Gasteiger partial charge in [-0.05, 0) is 49.2 Å². The Kier molecular flexibility index (Phi) is 5.93. The van der Waals surface area contributed by atoms with E-state index in [0.717, 1.165) is 16.5 Å². The molecule has 1 aromatic heterocycles. The molecule has 1 heterocycles. The number of fused-ring (bicyclic) bond motifs is 1. The highest BCUT2D eigenvalue weighted by atomic mass is 32.2. The van der Waals surface area contributed by atoms with E-state index in [4.69, 9.17) is 9.47 Å². The van der Waals surface area contributed by atoms with E-state index in [1.165, 1.54) is 6.07 Å². The molecule has 0 aliphatic heterocycles. The van der Waals surface area contributed by atoms with Gasteiger partial charge in [0.05, 0.1) is 18.6 Å². The maximum atomic E-state index is 12.4. The second kappa shape index (κ2) is 8.37. The van der Waals surface area contributed by atoms with E-state index >= 15 is 0 Å². The molecule has 0 atom stereocenters. The number of nitrogens with zero attached hydrogens (tertiary/aromatic N) is 1. The SMILES string of the molecule is COc1ccc(S(=O)(=O)NCCCOc2cccc3cccnc23)cc1C. The number of benzene rings is 2. The van der Waals surface area contributed by atoms with E-state index in [-0.39, 0.29) is 11.4 Å². The number of hydrogen-bond donors (Lipinski definition) is 1. The number of ether oxygens (including phenoxy) is 2. The molecule has 6 nitrogen and oxygen atoms in total. The summed E-state index contributed by atoms with van der Waals surface area (Å²) in [5.41, 5.74) is 1.57. The van der Waals surface area contributed by atoms with Gasteiger partial charge in [0.25, 0.3) is 0 Å². The van der Waals surface area contributed by atoms with Gasteiger partial charge >= 0.3 is 0 Å². The van der Waals surface area contributed by atoms with Crippen LogP contribution in [0, 0.1) is 6.92 Å². The Morgan fingerprint density at radius 1 is 1.07 bits per heavy atom. The molecule has 0 radical (unpaired) electrons. The summed E-state index contributed by atoms with van der Waals surface area (Å²) in [6.45, 7) is 2.48. The van der Waals surface area contributed by atoms with Crippen LogP contribution in [0.15, 0.2) is 59.6 Å². The van der Waals surface area contributed by atoms with Gasteiger partial charge in [-0.2, -0.15) is 0 Å². The Morgan fingerprint density at radius 2 is 1.89 bits per heavy atom. The molecule has 1 N–H and O–H groups in total. The van der Waals surface area contributed by atoms with Gasteiger partial charge in [0.1, 0.15) is 17.0 Å². The van der Waals surface area contributed by atoms with E-state index < -0.39 is 10.0 Å². The van der Waals surface area contributed by atoms with Crippen molar-refractivity contribution in [2.24, 2.45) is 0 Å². The molecule has 0 aliphatic carbocycles. The molecule has 27 heavy (non-hydrogen) atoms. The number of aromatic nitrogens is 1. The second-order valence-electron chi connectivity index (χ2n) is 6.06. The minimum atomic E-state index is -3.56. The highest BCUT2D eigenvalue weighted by molar-refractivity contribution is 7.89. The first kappa shape index (κ1) is 19.1. The smallest absolute Gasteiger partial charge is 0.240 e. The summed E-state index contributed by atoms with van der Waals surface area (Å²) in [5, 5.41) is 1.01. The Hall–Kier alpha value is -2.64. The average molecular weight is 386 g/mol. The number of methoxy groups -OCH3 is 1. The summed E-state index contributed by atoms with van der Waals surface area (Å²) in [5.74, 6) is 1.35. The van der Waals surface area contributed by atoms with Crippen molar-refractivity contribution in [1.29, 1.82) is 0 Å². The molecule has 142 valence electrons. The lowest BCUT2D eigenvalue weighted by atomic mass is 10.2. The van der Waals surface area contributed by atoms with Crippen LogP contribution in [0.1, 0.15) is 12.0 Å². The molecule has 0 amide bonds. The van der Waals surface area contributed by atoms with Crippen molar-refractivity contribution in [3.8, 4) is 11.5 Å². The van der Waals surface area contributed by atoms with Gasteiger partial charge in [0.15, 0.2) is 0 Å². The number of nitrogens with one attached hydrogen (secondary N) is 1. The Labute approximate surface area is 159 Å². The van der Waals surface area contributed by atoms with Gasteiger partial charge in [-0.25, -0.2) is 13.1 Å². The Balaban J connectivity index is 1.54. The van der Waals surface area contributed by atoms with E-state index in [1.807, 2.05) is 37.3 Å². The van der Waals surface area contributed by atoms with Gasteiger partial charge in [-0.15, -0.1) is 0 Å². The normalized spacial score (nSPS) is 11.5. The van der Waals surface area contributed by atoms with E-state index in [0.29, 0.717) is 24.5 Å². The third-order valence-corrected chi connectivity index (χ3v) is 5.60. The second-order valence-corrected chi connectivity index (χ2v) is 7.83. The first-order chi connectivity index (χ1) is 13.0. The summed E-state index contributed by atoms with van der Waals surface area (Å²) in [4.78, 5) is 4.56. The molecular weight excluding hydrogens is 364 g/mol. The third kappa shape index (κ3) is 4.56. The number of pyridine rings is 1. The number of sulfonamides is 1. The number of aryl methyl sites for hydroxylation is 1. The summed E-state index contributed by atoms with van der Waals surface area (Å²) in [6.07, 6.45) is 2.26. The van der Waals surface area contributed by atoms with Crippen molar-refractivity contribution in [3.05, 3.63) is 60.3 Å². The molecule has 0 unspecified atom stereocenters. The summed E-state index contributed by atoms with van der Waals surface area (Å²) in [6, 6.07) is 14.4. The molecule has 3 rings (SSSR count). The van der Waals surface area contributed by atoms with Crippen LogP contribution in [0.3, 0.4) is 0 Å². The molecule has 2 aromatic carbocycles. The summed E-state index contributed by atoms with van der Waals surface area (Å²) >= 11 is 0. The van der Waals surface area contributed by atoms with Crippen molar-refractivity contribution in [1.82, 2.24) is 9.71 Å². The van der Waals surface area contributed by atoms with Crippen molar-refractivity contribution in [2.75, 3.05) is 20.3 Å². The Morgan fingerprint density at radius 3 is 2.67 bits per heavy atom. The zero-order valence-corrected chi connectivity index (χ0v) is 16.1. The number of hydrogen-bond acceptors (Lipinski definition) is 5. The zero-order valence-electron chi connectivity index (χ0n) is 15.3. The quantitative estimate of drug-likeness (QED) is 0.601. The highest BCUT2D eigenvalue weighted by Gasteiger charge is 2.14. The highest BCUT2D eigenvalue weighted by Crippen LogP contribution is 2.23. The Bertz CT molecular complexity index is 1030. The first-order valence-corrected chi connectivity index (χ1v) is 10.1. The predicted octanol–water partition coefficient (Wildman–Crippen LogP) is 3.30. The fourth-order valence-electron chi connectivity index (χ4n) is 2.75. The van der Waals surface area contributed by atoms with Crippen LogP contribution in [0.2, 0.25) is 0 Å². The first-order valence-electron chi connectivity index (χ1n) is 8.62. The van der Waals surface area contributed by atoms with Crippen LogP contribution in [0.5, 0.6) is 11.5 Å². The molecule has 0 aliphatic rings. The molecule has 0 spiro atoms. The average Bonchev–Trinajstić information content (AvgIpc) is 2.67. The molecule has 0 fully saturated rings. The fourth-order valence-corrected chi connectivity index (χ4v) is 3.91. The van der Waals surface area contributed by atoms with Crippen LogP contribution >= 0.6 is 0 Å². The minimum absolute atomic E-state index is 0.222. The molecule has 0 saturated heterocycles. The van der Waals surface area contributed by atoms with Crippen molar-refractivity contribution >= 4 is 20.9 Å². The molecule has 3 aromatic rings. The van der Waals surface area contributed by atoms with E-state index in [2.05, 4.69) is 9.71 Å². The minimum Gasteiger partial charge on any atom is -0.496 e. The topological polar surface area (TPSA) is 77.5 Å². The van der Waals surface area contributed by atoms with E-state index in [9.17, 15) is 8.42 Å². The van der Waals surface area contributed by atoms with Crippen molar-refractivity contribution < 1.29 is 17.9 Å². The largest absolute Gasteiger partial charge is 0.496 e. The number of rotatable bonds is 8. The van der Waals surface area contributed by atoms with E-state index in [1.54, 1.807) is 25.4 Å². The number of para-hydroxylation sites is 1. The summed E-state index contributed by atoms with van der Waals surface area (Å²) < 4.78 is 38.3. The predicted molar refractivity (Wildman–Crippen MR) is 105 cm³/mol. The van der Waals surface area contributed by atoms with Gasteiger partial charge in [-0.1, -0.05) is 18.2 Å². The van der Waals surface area contributed by atoms with Gasteiger partial charge in [-0.3, -0.25) is 4.98 Å². The maximum Gasteiger partial charge on any atom is 0.240 e. The third-order valence-electron chi connectivity index (χ3n) is 4.14. The molecule has 0 bridgehead atoms. The lowest BCUT2D eigenvalue weighted by Crippen LogP contribution is -2.26. The molecule has 7 heteroatoms. The van der Waals surface area contributed by atoms with Crippen molar-refractivity contribution in [3.63, 3.8) is 0 Å². The van der Waals surface area contributed by atoms with Crippen LogP contribution in [0.25, 0.3) is 10.9 Å². The molecule has 0 saturated carbocycles. The lowest BCUT2D eigenvalue weighted by molar-refractivity contribution is 0.314. The van der Waals surface area contributed by atoms with Crippen LogP contribution in [0.4, 0.5) is 0 Å². The van der Waals surface area contributed by atoms with Gasteiger partial charge < -0.3 is 9.47 Å². The van der Waals surface area contributed by atoms with Crippen LogP contribution in [-0.4, -0.2) is 33.7 Å². The van der Waals surface area contributed by atoms with Gasteiger partial charge in [0.2, 0.25) is 10.0 Å². The monoisotopic (exact) mass is 386 g/mol. The van der Waals surface area contributed by atoms with Crippen molar-refractivity contribution in [2.45, 2.75) is 18.2 Å².